The summed E-state index contributed by atoms with van der Waals surface area (Å²) in [5, 5.41) is 10.2. The van der Waals surface area contributed by atoms with E-state index in [-0.39, 0.29) is 6.61 Å². The summed E-state index contributed by atoms with van der Waals surface area (Å²) in [6.45, 7) is 4.16. The zero-order valence-electron chi connectivity index (χ0n) is 9.59. The molecule has 14 heavy (non-hydrogen) atoms. The van der Waals surface area contributed by atoms with Gasteiger partial charge in [0, 0.05) is 0 Å². The van der Waals surface area contributed by atoms with Gasteiger partial charge >= 0.3 is 0 Å². The lowest BCUT2D eigenvalue weighted by molar-refractivity contribution is 0.231. The van der Waals surface area contributed by atoms with E-state index in [9.17, 15) is 5.11 Å². The smallest absolute Gasteiger partial charge is 0.101 e. The summed E-state index contributed by atoms with van der Waals surface area (Å²) in [6.07, 6.45) is 13.6. The SMILES string of the molecule is CCCCCCC=CCC(C)=CC[O]. The Balaban J connectivity index is 3.31. The van der Waals surface area contributed by atoms with Crippen molar-refractivity contribution in [1.29, 1.82) is 0 Å². The summed E-state index contributed by atoms with van der Waals surface area (Å²) in [4.78, 5) is 0. The van der Waals surface area contributed by atoms with Crippen molar-refractivity contribution < 1.29 is 5.11 Å². The normalized spacial score (nSPS) is 12.6. The van der Waals surface area contributed by atoms with Crippen LogP contribution in [0, 0.1) is 0 Å². The van der Waals surface area contributed by atoms with E-state index in [0.717, 1.165) is 6.42 Å². The molecule has 1 heteroatoms. The molecule has 0 aliphatic rings. The van der Waals surface area contributed by atoms with E-state index in [0.29, 0.717) is 0 Å². The highest BCUT2D eigenvalue weighted by molar-refractivity contribution is 5.04. The number of hydrogen-bond donors (Lipinski definition) is 0. The van der Waals surface area contributed by atoms with Crippen LogP contribution in [0.2, 0.25) is 0 Å². The van der Waals surface area contributed by atoms with Crippen LogP contribution < -0.4 is 0 Å². The minimum Gasteiger partial charge on any atom is -0.232 e. The third kappa shape index (κ3) is 9.53. The fraction of sp³-hybridized carbons (Fsp3) is 0.692. The predicted molar refractivity (Wildman–Crippen MR) is 61.8 cm³/mol. The molecule has 0 aromatic rings. The number of rotatable bonds is 8. The molecule has 0 unspecified atom stereocenters. The second-order valence-electron chi connectivity index (χ2n) is 3.74. The molecular formula is C13H23O. The van der Waals surface area contributed by atoms with Crippen molar-refractivity contribution in [2.75, 3.05) is 6.61 Å². The van der Waals surface area contributed by atoms with E-state index in [1.54, 1.807) is 6.08 Å². The lowest BCUT2D eigenvalue weighted by Gasteiger charge is -1.95. The monoisotopic (exact) mass is 195 g/mol. The lowest BCUT2D eigenvalue weighted by atomic mass is 10.1. The Hall–Kier alpha value is -0.560. The number of allylic oxidation sites excluding steroid dienone is 3. The summed E-state index contributed by atoms with van der Waals surface area (Å²) in [5.41, 5.74) is 1.19. The fourth-order valence-corrected chi connectivity index (χ4v) is 1.30. The Bertz CT molecular complexity index is 168. The molecule has 0 aromatic heterocycles. The van der Waals surface area contributed by atoms with E-state index in [4.69, 9.17) is 0 Å². The van der Waals surface area contributed by atoms with Gasteiger partial charge in [-0.25, -0.2) is 5.11 Å². The fourth-order valence-electron chi connectivity index (χ4n) is 1.30. The van der Waals surface area contributed by atoms with Crippen LogP contribution in [0.15, 0.2) is 23.8 Å². The Kier molecular flexibility index (Phi) is 10.1. The van der Waals surface area contributed by atoms with Crippen LogP contribution in [0.5, 0.6) is 0 Å². The molecule has 0 atom stereocenters. The van der Waals surface area contributed by atoms with E-state index in [1.807, 2.05) is 6.92 Å². The van der Waals surface area contributed by atoms with Crippen molar-refractivity contribution in [3.05, 3.63) is 23.8 Å². The third-order valence-corrected chi connectivity index (χ3v) is 2.26. The van der Waals surface area contributed by atoms with Gasteiger partial charge in [-0.15, -0.1) is 0 Å². The zero-order valence-corrected chi connectivity index (χ0v) is 9.59. The summed E-state index contributed by atoms with van der Waals surface area (Å²) >= 11 is 0. The molecule has 1 nitrogen and oxygen atoms in total. The molecule has 0 bridgehead atoms. The molecule has 0 aliphatic heterocycles. The zero-order chi connectivity index (χ0) is 10.6. The van der Waals surface area contributed by atoms with Crippen molar-refractivity contribution >= 4 is 0 Å². The minimum absolute atomic E-state index is 0.0871. The lowest BCUT2D eigenvalue weighted by Crippen LogP contribution is -1.77. The Morgan fingerprint density at radius 1 is 1.14 bits per heavy atom. The van der Waals surface area contributed by atoms with Gasteiger partial charge in [-0.1, -0.05) is 50.0 Å². The van der Waals surface area contributed by atoms with Crippen molar-refractivity contribution in [1.82, 2.24) is 0 Å². The van der Waals surface area contributed by atoms with Crippen LogP contribution in [0.3, 0.4) is 0 Å². The molecule has 0 aliphatic carbocycles. The first-order valence-corrected chi connectivity index (χ1v) is 5.70. The quantitative estimate of drug-likeness (QED) is 0.407. The highest BCUT2D eigenvalue weighted by Crippen LogP contribution is 2.05. The predicted octanol–water partition coefficient (Wildman–Crippen LogP) is 4.28. The van der Waals surface area contributed by atoms with E-state index in [1.165, 1.54) is 37.7 Å². The summed E-state index contributed by atoms with van der Waals surface area (Å²) in [7, 11) is 0. The van der Waals surface area contributed by atoms with Crippen LogP contribution >= 0.6 is 0 Å². The number of unbranched alkanes of at least 4 members (excludes halogenated alkanes) is 4. The second-order valence-corrected chi connectivity index (χ2v) is 3.74. The summed E-state index contributed by atoms with van der Waals surface area (Å²) < 4.78 is 0. The molecule has 0 spiro atoms. The van der Waals surface area contributed by atoms with Gasteiger partial charge in [0.05, 0.1) is 0 Å². The summed E-state index contributed by atoms with van der Waals surface area (Å²) in [5.74, 6) is 0. The van der Waals surface area contributed by atoms with Crippen molar-refractivity contribution in [3.63, 3.8) is 0 Å². The Morgan fingerprint density at radius 3 is 2.57 bits per heavy atom. The van der Waals surface area contributed by atoms with Gasteiger partial charge < -0.3 is 0 Å². The maximum Gasteiger partial charge on any atom is 0.101 e. The average Bonchev–Trinajstić information content (AvgIpc) is 2.17. The Morgan fingerprint density at radius 2 is 1.93 bits per heavy atom. The van der Waals surface area contributed by atoms with Gasteiger partial charge in [0.2, 0.25) is 0 Å². The maximum absolute atomic E-state index is 10.2. The molecule has 0 N–H and O–H groups in total. The molecule has 0 fully saturated rings. The first-order chi connectivity index (χ1) is 6.81. The highest BCUT2D eigenvalue weighted by Gasteiger charge is 1.86. The molecule has 1 radical (unpaired) electrons. The van der Waals surface area contributed by atoms with Crippen LogP contribution in [-0.4, -0.2) is 6.61 Å². The third-order valence-electron chi connectivity index (χ3n) is 2.26. The second kappa shape index (κ2) is 10.5. The van der Waals surface area contributed by atoms with Crippen LogP contribution in [0.4, 0.5) is 0 Å². The molecule has 0 heterocycles. The van der Waals surface area contributed by atoms with Crippen LogP contribution in [0.1, 0.15) is 52.4 Å². The standard InChI is InChI=1S/C13H23O/c1-3-4-5-6-7-8-9-10-13(2)11-12-14/h8-9,11H,3-7,10,12H2,1-2H3. The first-order valence-electron chi connectivity index (χ1n) is 5.70. The van der Waals surface area contributed by atoms with Gasteiger partial charge in [-0.05, 0) is 26.2 Å². The average molecular weight is 195 g/mol. The van der Waals surface area contributed by atoms with Gasteiger partial charge in [0.15, 0.2) is 0 Å². The number of hydrogen-bond acceptors (Lipinski definition) is 0. The topological polar surface area (TPSA) is 19.9 Å². The van der Waals surface area contributed by atoms with E-state index < -0.39 is 0 Å². The molecule has 0 saturated heterocycles. The van der Waals surface area contributed by atoms with Crippen molar-refractivity contribution in [2.45, 2.75) is 52.4 Å². The van der Waals surface area contributed by atoms with E-state index >= 15 is 0 Å². The molecule has 0 aromatic carbocycles. The van der Waals surface area contributed by atoms with Crippen molar-refractivity contribution in [3.8, 4) is 0 Å². The molecule has 0 amide bonds. The maximum atomic E-state index is 10.2. The summed E-state index contributed by atoms with van der Waals surface area (Å²) in [6, 6.07) is 0. The minimum atomic E-state index is -0.0871. The highest BCUT2D eigenvalue weighted by atomic mass is 16.2. The van der Waals surface area contributed by atoms with Gasteiger partial charge in [-0.3, -0.25) is 0 Å². The van der Waals surface area contributed by atoms with Crippen LogP contribution in [-0.2, 0) is 5.11 Å². The van der Waals surface area contributed by atoms with Gasteiger partial charge in [0.25, 0.3) is 0 Å². The van der Waals surface area contributed by atoms with Crippen molar-refractivity contribution in [2.24, 2.45) is 0 Å². The van der Waals surface area contributed by atoms with Crippen LogP contribution in [0.25, 0.3) is 0 Å². The largest absolute Gasteiger partial charge is 0.232 e. The first kappa shape index (κ1) is 13.4. The molecule has 0 saturated carbocycles. The molecule has 0 rings (SSSR count). The van der Waals surface area contributed by atoms with Gasteiger partial charge in [-0.2, -0.15) is 0 Å². The Labute approximate surface area is 88.5 Å². The van der Waals surface area contributed by atoms with E-state index in [2.05, 4.69) is 19.1 Å². The molecule has 81 valence electrons. The molecular weight excluding hydrogens is 172 g/mol. The van der Waals surface area contributed by atoms with Gasteiger partial charge in [0.1, 0.15) is 6.61 Å².